The van der Waals surface area contributed by atoms with Gasteiger partial charge in [0.1, 0.15) is 19.3 Å². The highest BCUT2D eigenvalue weighted by Gasteiger charge is 2.29. The predicted molar refractivity (Wildman–Crippen MR) is 85.2 cm³/mol. The molecule has 8 heteroatoms. The highest BCUT2D eigenvalue weighted by Crippen LogP contribution is 2.31. The number of para-hydroxylation sites is 2. The number of likely N-dealkylation sites (tertiary alicyclic amines) is 1. The molecule has 0 radical (unpaired) electrons. The molecule has 2 aliphatic rings. The minimum Gasteiger partial charge on any atom is -0.486 e. The summed E-state index contributed by atoms with van der Waals surface area (Å²) in [6, 6.07) is 7.57. The van der Waals surface area contributed by atoms with Crippen LogP contribution in [0.15, 0.2) is 28.8 Å². The highest BCUT2D eigenvalue weighted by atomic mass is 16.6. The van der Waals surface area contributed by atoms with Crippen molar-refractivity contribution in [3.8, 4) is 11.5 Å². The Kier molecular flexibility index (Phi) is 4.27. The van der Waals surface area contributed by atoms with E-state index in [-0.39, 0.29) is 24.7 Å². The van der Waals surface area contributed by atoms with Gasteiger partial charge in [0.05, 0.1) is 12.5 Å². The fourth-order valence-electron chi connectivity index (χ4n) is 2.79. The van der Waals surface area contributed by atoms with Crippen LogP contribution in [-0.2, 0) is 22.6 Å². The van der Waals surface area contributed by atoms with E-state index in [1.807, 2.05) is 24.3 Å². The smallest absolute Gasteiger partial charge is 0.252 e. The second-order valence-electron chi connectivity index (χ2n) is 6.16. The van der Waals surface area contributed by atoms with Crippen molar-refractivity contribution in [1.29, 1.82) is 0 Å². The molecule has 3 heterocycles. The minimum absolute atomic E-state index is 0.0332. The van der Waals surface area contributed by atoms with E-state index in [0.29, 0.717) is 37.8 Å². The minimum atomic E-state index is -0.156. The zero-order valence-corrected chi connectivity index (χ0v) is 13.9. The molecule has 1 amide bonds. The molecule has 4 rings (SSSR count). The van der Waals surface area contributed by atoms with Crippen LogP contribution in [0.2, 0.25) is 0 Å². The first-order valence-corrected chi connectivity index (χ1v) is 8.24. The molecule has 8 nitrogen and oxygen atoms in total. The molecule has 1 aromatic carbocycles. The zero-order chi connectivity index (χ0) is 17.2. The van der Waals surface area contributed by atoms with Crippen molar-refractivity contribution in [1.82, 2.24) is 15.0 Å². The standard InChI is InChI=1S/C17H19N3O5/c1-11(21)20-7-13(8-20)22-10-17-18-16(19-25-17)6-12-9-23-14-4-2-3-5-15(14)24-12/h2-5,12-13H,6-10H2,1H3. The van der Waals surface area contributed by atoms with Gasteiger partial charge in [-0.2, -0.15) is 4.98 Å². The van der Waals surface area contributed by atoms with Gasteiger partial charge in [-0.05, 0) is 12.1 Å². The lowest BCUT2D eigenvalue weighted by Gasteiger charge is -2.37. The quantitative estimate of drug-likeness (QED) is 0.804. The summed E-state index contributed by atoms with van der Waals surface area (Å²) in [5, 5.41) is 3.97. The first-order chi connectivity index (χ1) is 12.2. The average Bonchev–Trinajstić information content (AvgIpc) is 3.00. The van der Waals surface area contributed by atoms with Gasteiger partial charge >= 0.3 is 0 Å². The topological polar surface area (TPSA) is 86.9 Å². The van der Waals surface area contributed by atoms with Crippen LogP contribution >= 0.6 is 0 Å². The third-order valence-electron chi connectivity index (χ3n) is 4.22. The number of hydrogen-bond acceptors (Lipinski definition) is 7. The van der Waals surface area contributed by atoms with Crippen LogP contribution < -0.4 is 9.47 Å². The summed E-state index contributed by atoms with van der Waals surface area (Å²) in [6.45, 7) is 3.47. The van der Waals surface area contributed by atoms with Crippen molar-refractivity contribution in [2.75, 3.05) is 19.7 Å². The molecule has 0 bridgehead atoms. The van der Waals surface area contributed by atoms with Gasteiger partial charge in [-0.3, -0.25) is 4.79 Å². The van der Waals surface area contributed by atoms with E-state index < -0.39 is 0 Å². The number of amides is 1. The zero-order valence-electron chi connectivity index (χ0n) is 13.9. The van der Waals surface area contributed by atoms with Crippen molar-refractivity contribution >= 4 is 5.91 Å². The van der Waals surface area contributed by atoms with E-state index >= 15 is 0 Å². The Hall–Kier alpha value is -2.61. The lowest BCUT2D eigenvalue weighted by atomic mass is 10.2. The fourth-order valence-corrected chi connectivity index (χ4v) is 2.79. The third-order valence-corrected chi connectivity index (χ3v) is 4.22. The van der Waals surface area contributed by atoms with Gasteiger partial charge in [-0.15, -0.1) is 0 Å². The maximum Gasteiger partial charge on any atom is 0.252 e. The summed E-state index contributed by atoms with van der Waals surface area (Å²) in [5.74, 6) is 2.53. The number of nitrogens with zero attached hydrogens (tertiary/aromatic N) is 3. The van der Waals surface area contributed by atoms with Crippen LogP contribution in [0.5, 0.6) is 11.5 Å². The lowest BCUT2D eigenvalue weighted by Crippen LogP contribution is -2.53. The molecule has 132 valence electrons. The Labute approximate surface area is 144 Å². The summed E-state index contributed by atoms with van der Waals surface area (Å²) in [5.41, 5.74) is 0. The molecule has 1 fully saturated rings. The van der Waals surface area contributed by atoms with Crippen molar-refractivity contribution in [3.63, 3.8) is 0 Å². The number of ether oxygens (including phenoxy) is 3. The Morgan fingerprint density at radius 1 is 1.32 bits per heavy atom. The van der Waals surface area contributed by atoms with Gasteiger partial charge in [0.25, 0.3) is 5.89 Å². The largest absolute Gasteiger partial charge is 0.486 e. The van der Waals surface area contributed by atoms with Gasteiger partial charge in [0, 0.05) is 20.0 Å². The number of hydrogen-bond donors (Lipinski definition) is 0. The van der Waals surface area contributed by atoms with E-state index in [9.17, 15) is 4.79 Å². The van der Waals surface area contributed by atoms with E-state index in [2.05, 4.69) is 10.1 Å². The molecule has 0 aliphatic carbocycles. The molecule has 1 unspecified atom stereocenters. The van der Waals surface area contributed by atoms with Gasteiger partial charge in [-0.1, -0.05) is 17.3 Å². The van der Waals surface area contributed by atoms with Crippen LogP contribution in [-0.4, -0.2) is 52.9 Å². The SMILES string of the molecule is CC(=O)N1CC(OCc2nc(CC3COc4ccccc4O3)no2)C1. The number of fused-ring (bicyclic) bond motifs is 1. The molecular formula is C17H19N3O5. The summed E-state index contributed by atoms with van der Waals surface area (Å²) in [7, 11) is 0. The Morgan fingerprint density at radius 3 is 2.92 bits per heavy atom. The normalized spacial score (nSPS) is 19.6. The van der Waals surface area contributed by atoms with Crippen LogP contribution in [0.1, 0.15) is 18.6 Å². The molecule has 25 heavy (non-hydrogen) atoms. The molecule has 2 aromatic rings. The molecule has 1 aromatic heterocycles. The van der Waals surface area contributed by atoms with E-state index in [0.717, 1.165) is 11.5 Å². The van der Waals surface area contributed by atoms with Gasteiger partial charge < -0.3 is 23.6 Å². The van der Waals surface area contributed by atoms with Crippen molar-refractivity contribution in [2.45, 2.75) is 32.2 Å². The Bertz CT molecular complexity index is 756. The average molecular weight is 345 g/mol. The van der Waals surface area contributed by atoms with E-state index in [1.165, 1.54) is 0 Å². The Morgan fingerprint density at radius 2 is 2.12 bits per heavy atom. The van der Waals surface area contributed by atoms with Crippen molar-refractivity contribution < 1.29 is 23.5 Å². The second kappa shape index (κ2) is 6.72. The third kappa shape index (κ3) is 3.58. The molecule has 1 saturated heterocycles. The number of benzene rings is 1. The molecule has 0 spiro atoms. The first kappa shape index (κ1) is 15.9. The second-order valence-corrected chi connectivity index (χ2v) is 6.16. The van der Waals surface area contributed by atoms with Crippen LogP contribution in [0, 0.1) is 0 Å². The lowest BCUT2D eigenvalue weighted by molar-refractivity contribution is -0.144. The number of carbonyl (C=O) groups excluding carboxylic acids is 1. The van der Waals surface area contributed by atoms with E-state index in [4.69, 9.17) is 18.7 Å². The first-order valence-electron chi connectivity index (χ1n) is 8.24. The monoisotopic (exact) mass is 345 g/mol. The maximum atomic E-state index is 11.1. The van der Waals surface area contributed by atoms with Gasteiger partial charge in [-0.25, -0.2) is 0 Å². The summed E-state index contributed by atoms with van der Waals surface area (Å²) in [6.07, 6.45) is 0.377. The van der Waals surface area contributed by atoms with Crippen molar-refractivity contribution in [2.24, 2.45) is 0 Å². The number of rotatable bonds is 5. The summed E-state index contributed by atoms with van der Waals surface area (Å²) >= 11 is 0. The molecular weight excluding hydrogens is 326 g/mol. The summed E-state index contributed by atoms with van der Waals surface area (Å²) in [4.78, 5) is 17.2. The molecule has 2 aliphatic heterocycles. The fraction of sp³-hybridized carbons (Fsp3) is 0.471. The predicted octanol–water partition coefficient (Wildman–Crippen LogP) is 1.20. The maximum absolute atomic E-state index is 11.1. The van der Waals surface area contributed by atoms with Crippen molar-refractivity contribution in [3.05, 3.63) is 36.0 Å². The molecule has 1 atom stereocenters. The highest BCUT2D eigenvalue weighted by molar-refractivity contribution is 5.74. The van der Waals surface area contributed by atoms with Crippen LogP contribution in [0.25, 0.3) is 0 Å². The summed E-state index contributed by atoms with van der Waals surface area (Å²) < 4.78 is 22.4. The van der Waals surface area contributed by atoms with E-state index in [1.54, 1.807) is 11.8 Å². The number of aromatic nitrogens is 2. The molecule has 0 N–H and O–H groups in total. The van der Waals surface area contributed by atoms with Gasteiger partial charge in [0.15, 0.2) is 17.3 Å². The Balaban J connectivity index is 1.26. The van der Waals surface area contributed by atoms with Crippen LogP contribution in [0.4, 0.5) is 0 Å². The molecule has 0 saturated carbocycles. The van der Waals surface area contributed by atoms with Crippen LogP contribution in [0.3, 0.4) is 0 Å². The van der Waals surface area contributed by atoms with Gasteiger partial charge in [0.2, 0.25) is 5.91 Å². The number of carbonyl (C=O) groups is 1.